The van der Waals surface area contributed by atoms with E-state index < -0.39 is 0 Å². The summed E-state index contributed by atoms with van der Waals surface area (Å²) >= 11 is 0. The molecule has 0 saturated heterocycles. The Bertz CT molecular complexity index is 1230. The molecule has 0 radical (unpaired) electrons. The van der Waals surface area contributed by atoms with Gasteiger partial charge in [-0.05, 0) is 49.6 Å². The van der Waals surface area contributed by atoms with Gasteiger partial charge in [0.25, 0.3) is 5.91 Å². The van der Waals surface area contributed by atoms with Crippen molar-refractivity contribution in [2.24, 2.45) is 0 Å². The van der Waals surface area contributed by atoms with Gasteiger partial charge in [0, 0.05) is 24.3 Å². The molecule has 1 amide bonds. The highest BCUT2D eigenvalue weighted by Gasteiger charge is 2.19. The fourth-order valence-corrected chi connectivity index (χ4v) is 3.87. The van der Waals surface area contributed by atoms with Crippen LogP contribution in [0.5, 0.6) is 0 Å². The number of nitrogens with zero attached hydrogens (tertiary/aromatic N) is 2. The Morgan fingerprint density at radius 1 is 1.03 bits per heavy atom. The lowest BCUT2D eigenvalue weighted by molar-refractivity contribution is 0.0945. The Morgan fingerprint density at radius 2 is 1.73 bits per heavy atom. The second kappa shape index (κ2) is 7.99. The summed E-state index contributed by atoms with van der Waals surface area (Å²) in [6.45, 7) is 6.27. The van der Waals surface area contributed by atoms with Crippen molar-refractivity contribution in [3.63, 3.8) is 0 Å². The minimum absolute atomic E-state index is 0.0402. The Kier molecular flexibility index (Phi) is 5.23. The first-order valence-electron chi connectivity index (χ1n) is 9.90. The summed E-state index contributed by atoms with van der Waals surface area (Å²) in [5, 5.41) is 2.93. The maximum absolute atomic E-state index is 12.6. The predicted molar refractivity (Wildman–Crippen MR) is 117 cm³/mol. The third kappa shape index (κ3) is 3.76. The molecule has 0 saturated carbocycles. The number of fused-ring (bicyclic) bond motifs is 1. The number of rotatable bonds is 6. The summed E-state index contributed by atoms with van der Waals surface area (Å²) in [5.41, 5.74) is 6.72. The first kappa shape index (κ1) is 19.6. The number of ketones is 1. The molecule has 2 aromatic heterocycles. The van der Waals surface area contributed by atoms with Crippen LogP contribution < -0.4 is 5.32 Å². The lowest BCUT2D eigenvalue weighted by Crippen LogP contribution is -2.24. The number of imidazole rings is 1. The van der Waals surface area contributed by atoms with Crippen LogP contribution in [0.4, 0.5) is 0 Å². The summed E-state index contributed by atoms with van der Waals surface area (Å²) in [5.74, 6) is -0.251. The standard InChI is InChI=1S/C24H24N4O2/c1-15-22(17(3)29)16(2)27-23(15)24(30)25-12-18-8-10-19(11-9-18)13-28-14-26-20-6-4-5-7-21(20)28/h4-11,14,27H,12-13H2,1-3H3,(H,25,30). The molecule has 6 nitrogen and oxygen atoms in total. The molecule has 0 fully saturated rings. The maximum Gasteiger partial charge on any atom is 0.268 e. The summed E-state index contributed by atoms with van der Waals surface area (Å²) < 4.78 is 2.12. The van der Waals surface area contributed by atoms with E-state index in [1.165, 1.54) is 6.92 Å². The lowest BCUT2D eigenvalue weighted by atomic mass is 10.1. The van der Waals surface area contributed by atoms with E-state index in [0.29, 0.717) is 23.4 Å². The number of para-hydroxylation sites is 2. The van der Waals surface area contributed by atoms with Crippen molar-refractivity contribution in [2.75, 3.05) is 0 Å². The third-order valence-corrected chi connectivity index (χ3v) is 5.37. The predicted octanol–water partition coefficient (Wildman–Crippen LogP) is 4.16. The van der Waals surface area contributed by atoms with Gasteiger partial charge < -0.3 is 14.9 Å². The van der Waals surface area contributed by atoms with Crippen LogP contribution in [0.15, 0.2) is 54.9 Å². The highest BCUT2D eigenvalue weighted by Crippen LogP contribution is 2.19. The summed E-state index contributed by atoms with van der Waals surface area (Å²) in [4.78, 5) is 31.8. The molecule has 6 heteroatoms. The number of hydrogen-bond donors (Lipinski definition) is 2. The number of aromatic nitrogens is 3. The van der Waals surface area contributed by atoms with Crippen LogP contribution in [0.3, 0.4) is 0 Å². The number of aromatic amines is 1. The fraction of sp³-hybridized carbons (Fsp3) is 0.208. The van der Waals surface area contributed by atoms with Gasteiger partial charge in [-0.25, -0.2) is 4.98 Å². The van der Waals surface area contributed by atoms with Crippen LogP contribution in [0.1, 0.15) is 50.2 Å². The first-order chi connectivity index (χ1) is 14.4. The SMILES string of the molecule is CC(=O)c1c(C)[nH]c(C(=O)NCc2ccc(Cn3cnc4ccccc43)cc2)c1C. The highest BCUT2D eigenvalue weighted by molar-refractivity contribution is 6.02. The number of H-pyrrole nitrogens is 1. The van der Waals surface area contributed by atoms with Crippen molar-refractivity contribution in [3.05, 3.63) is 88.5 Å². The minimum Gasteiger partial charge on any atom is -0.354 e. The number of amides is 1. The number of aryl methyl sites for hydroxylation is 1. The van der Waals surface area contributed by atoms with Crippen LogP contribution >= 0.6 is 0 Å². The van der Waals surface area contributed by atoms with Gasteiger partial charge in [-0.2, -0.15) is 0 Å². The van der Waals surface area contributed by atoms with E-state index in [-0.39, 0.29) is 11.7 Å². The summed E-state index contributed by atoms with van der Waals surface area (Å²) in [6.07, 6.45) is 1.86. The molecule has 2 aromatic carbocycles. The molecule has 0 aliphatic rings. The zero-order chi connectivity index (χ0) is 21.3. The monoisotopic (exact) mass is 400 g/mol. The van der Waals surface area contributed by atoms with E-state index in [1.807, 2.05) is 43.6 Å². The molecule has 30 heavy (non-hydrogen) atoms. The third-order valence-electron chi connectivity index (χ3n) is 5.37. The number of carbonyl (C=O) groups is 2. The minimum atomic E-state index is -0.211. The van der Waals surface area contributed by atoms with Crippen molar-refractivity contribution in [3.8, 4) is 0 Å². The molecule has 0 spiro atoms. The molecule has 152 valence electrons. The molecular formula is C24H24N4O2. The summed E-state index contributed by atoms with van der Waals surface area (Å²) in [7, 11) is 0. The zero-order valence-corrected chi connectivity index (χ0v) is 17.3. The van der Waals surface area contributed by atoms with Crippen molar-refractivity contribution in [1.29, 1.82) is 0 Å². The van der Waals surface area contributed by atoms with Crippen molar-refractivity contribution < 1.29 is 9.59 Å². The lowest BCUT2D eigenvalue weighted by Gasteiger charge is -2.08. The molecule has 2 N–H and O–H groups in total. The van der Waals surface area contributed by atoms with Crippen LogP contribution in [0.2, 0.25) is 0 Å². The summed E-state index contributed by atoms with van der Waals surface area (Å²) in [6, 6.07) is 16.2. The van der Waals surface area contributed by atoms with Crippen molar-refractivity contribution in [1.82, 2.24) is 19.9 Å². The number of benzene rings is 2. The molecule has 0 unspecified atom stereocenters. The zero-order valence-electron chi connectivity index (χ0n) is 17.3. The van der Waals surface area contributed by atoms with E-state index in [1.54, 1.807) is 6.92 Å². The van der Waals surface area contributed by atoms with E-state index in [2.05, 4.69) is 38.1 Å². The number of hydrogen-bond acceptors (Lipinski definition) is 3. The van der Waals surface area contributed by atoms with Gasteiger partial charge in [-0.1, -0.05) is 36.4 Å². The van der Waals surface area contributed by atoms with Gasteiger partial charge in [0.1, 0.15) is 5.69 Å². The number of carbonyl (C=O) groups excluding carboxylic acids is 2. The average molecular weight is 400 g/mol. The van der Waals surface area contributed by atoms with E-state index in [9.17, 15) is 9.59 Å². The topological polar surface area (TPSA) is 79.8 Å². The van der Waals surface area contributed by atoms with Crippen molar-refractivity contribution >= 4 is 22.7 Å². The van der Waals surface area contributed by atoms with Crippen LogP contribution in [-0.4, -0.2) is 26.2 Å². The Morgan fingerprint density at radius 3 is 2.43 bits per heavy atom. The molecule has 4 rings (SSSR count). The number of Topliss-reactive ketones (excluding diaryl/α,β-unsaturated/α-hetero) is 1. The van der Waals surface area contributed by atoms with Gasteiger partial charge in [-0.15, -0.1) is 0 Å². The van der Waals surface area contributed by atoms with Gasteiger partial charge in [0.15, 0.2) is 5.78 Å². The van der Waals surface area contributed by atoms with Gasteiger partial charge in [0.2, 0.25) is 0 Å². The molecule has 0 aliphatic carbocycles. The second-order valence-corrected chi connectivity index (χ2v) is 7.54. The van der Waals surface area contributed by atoms with Crippen LogP contribution in [-0.2, 0) is 13.1 Å². The van der Waals surface area contributed by atoms with Gasteiger partial charge in [-0.3, -0.25) is 9.59 Å². The smallest absolute Gasteiger partial charge is 0.268 e. The maximum atomic E-state index is 12.6. The van der Waals surface area contributed by atoms with E-state index >= 15 is 0 Å². The van der Waals surface area contributed by atoms with Gasteiger partial charge >= 0.3 is 0 Å². The Balaban J connectivity index is 1.41. The van der Waals surface area contributed by atoms with Crippen molar-refractivity contribution in [2.45, 2.75) is 33.9 Å². The van der Waals surface area contributed by atoms with E-state index in [0.717, 1.165) is 34.4 Å². The van der Waals surface area contributed by atoms with E-state index in [4.69, 9.17) is 0 Å². The van der Waals surface area contributed by atoms with Crippen LogP contribution in [0, 0.1) is 13.8 Å². The average Bonchev–Trinajstić information content (AvgIpc) is 3.27. The Hall–Kier alpha value is -3.67. The highest BCUT2D eigenvalue weighted by atomic mass is 16.2. The molecular weight excluding hydrogens is 376 g/mol. The molecule has 0 atom stereocenters. The molecule has 2 heterocycles. The van der Waals surface area contributed by atoms with Gasteiger partial charge in [0.05, 0.1) is 17.4 Å². The first-order valence-corrected chi connectivity index (χ1v) is 9.90. The number of nitrogens with one attached hydrogen (secondary N) is 2. The molecule has 0 aliphatic heterocycles. The molecule has 0 bridgehead atoms. The van der Waals surface area contributed by atoms with Crippen LogP contribution in [0.25, 0.3) is 11.0 Å². The Labute approximate surface area is 175 Å². The second-order valence-electron chi connectivity index (χ2n) is 7.54. The molecule has 4 aromatic rings. The normalized spacial score (nSPS) is 11.0. The fourth-order valence-electron chi connectivity index (χ4n) is 3.87. The quantitative estimate of drug-likeness (QED) is 0.477. The largest absolute Gasteiger partial charge is 0.354 e.